The van der Waals surface area contributed by atoms with Gasteiger partial charge in [0, 0.05) is 23.5 Å². The number of nitrogens with one attached hydrogen (secondary N) is 1. The average Bonchev–Trinajstić information content (AvgIpc) is 2.51. The molecule has 25 heavy (non-hydrogen) atoms. The smallest absolute Gasteiger partial charge is 0.422 e. The number of aromatic nitrogens is 2. The number of hydrogen-bond donors (Lipinski definition) is 2. The number of alkyl halides is 3. The minimum absolute atomic E-state index is 0.142. The van der Waals surface area contributed by atoms with E-state index < -0.39 is 18.8 Å². The van der Waals surface area contributed by atoms with Gasteiger partial charge >= 0.3 is 6.18 Å². The van der Waals surface area contributed by atoms with Crippen LogP contribution in [0, 0.1) is 6.92 Å². The Kier molecular flexibility index (Phi) is 5.45. The highest BCUT2D eigenvalue weighted by Gasteiger charge is 2.28. The molecule has 2 heterocycles. The number of halogens is 3. The monoisotopic (exact) mass is 354 g/mol. The Morgan fingerprint density at radius 3 is 2.64 bits per heavy atom. The molecule has 0 spiro atoms. The van der Waals surface area contributed by atoms with Crippen molar-refractivity contribution in [2.45, 2.75) is 26.1 Å². The van der Waals surface area contributed by atoms with Gasteiger partial charge in [0.15, 0.2) is 6.61 Å². The highest BCUT2D eigenvalue weighted by molar-refractivity contribution is 5.95. The number of carbonyl (C=O) groups is 1. The van der Waals surface area contributed by atoms with Gasteiger partial charge in [-0.05, 0) is 31.5 Å². The van der Waals surface area contributed by atoms with Crippen LogP contribution >= 0.6 is 0 Å². The third-order valence-electron chi connectivity index (χ3n) is 3.23. The van der Waals surface area contributed by atoms with Crippen LogP contribution in [0.4, 0.5) is 19.0 Å². The summed E-state index contributed by atoms with van der Waals surface area (Å²) in [5, 5.41) is 2.76. The zero-order valence-electron chi connectivity index (χ0n) is 13.6. The molecule has 0 saturated heterocycles. The Bertz CT molecular complexity index is 728. The number of carbonyl (C=O) groups excluding carboxylic acids is 1. The Morgan fingerprint density at radius 2 is 2.08 bits per heavy atom. The summed E-state index contributed by atoms with van der Waals surface area (Å²) < 4.78 is 40.8. The lowest BCUT2D eigenvalue weighted by Gasteiger charge is -2.15. The quantitative estimate of drug-likeness (QED) is 0.862. The van der Waals surface area contributed by atoms with E-state index in [2.05, 4.69) is 20.0 Å². The molecule has 3 N–H and O–H groups in total. The van der Waals surface area contributed by atoms with Crippen molar-refractivity contribution < 1.29 is 22.7 Å². The molecule has 2 aromatic rings. The van der Waals surface area contributed by atoms with Gasteiger partial charge in [-0.1, -0.05) is 6.07 Å². The summed E-state index contributed by atoms with van der Waals surface area (Å²) >= 11 is 0. The molecule has 134 valence electrons. The van der Waals surface area contributed by atoms with Crippen LogP contribution in [-0.2, 0) is 0 Å². The first-order chi connectivity index (χ1) is 11.6. The van der Waals surface area contributed by atoms with E-state index in [1.165, 1.54) is 24.4 Å². The Labute approximate surface area is 142 Å². The number of nitrogen functional groups attached to an aromatic ring is 1. The summed E-state index contributed by atoms with van der Waals surface area (Å²) in [6.45, 7) is 2.04. The third kappa shape index (κ3) is 5.63. The van der Waals surface area contributed by atoms with Gasteiger partial charge in [-0.2, -0.15) is 13.2 Å². The molecular weight excluding hydrogens is 337 g/mol. The SMILES string of the molecule is Cc1cc(C(=O)NC(C)c2ccc(OCC(F)(F)F)nc2)cc(N)n1. The molecule has 2 aromatic heterocycles. The molecule has 0 radical (unpaired) electrons. The normalized spacial score (nSPS) is 12.5. The number of anilines is 1. The lowest BCUT2D eigenvalue weighted by atomic mass is 10.1. The lowest BCUT2D eigenvalue weighted by molar-refractivity contribution is -0.154. The van der Waals surface area contributed by atoms with Gasteiger partial charge in [-0.3, -0.25) is 4.79 Å². The van der Waals surface area contributed by atoms with Crippen LogP contribution in [0.25, 0.3) is 0 Å². The van der Waals surface area contributed by atoms with Crippen LogP contribution in [0.15, 0.2) is 30.5 Å². The van der Waals surface area contributed by atoms with E-state index in [9.17, 15) is 18.0 Å². The maximum absolute atomic E-state index is 12.2. The Morgan fingerprint density at radius 1 is 1.36 bits per heavy atom. The van der Waals surface area contributed by atoms with Gasteiger partial charge in [-0.25, -0.2) is 9.97 Å². The summed E-state index contributed by atoms with van der Waals surface area (Å²) in [5.74, 6) is -0.245. The van der Waals surface area contributed by atoms with Gasteiger partial charge in [0.05, 0.1) is 6.04 Å². The first-order valence-electron chi connectivity index (χ1n) is 7.34. The summed E-state index contributed by atoms with van der Waals surface area (Å²) in [5.41, 5.74) is 7.22. The van der Waals surface area contributed by atoms with Gasteiger partial charge in [-0.15, -0.1) is 0 Å². The van der Waals surface area contributed by atoms with Crippen molar-refractivity contribution in [3.8, 4) is 5.88 Å². The van der Waals surface area contributed by atoms with E-state index >= 15 is 0 Å². The number of hydrogen-bond acceptors (Lipinski definition) is 5. The molecule has 0 aliphatic rings. The summed E-state index contributed by atoms with van der Waals surface area (Å²) in [4.78, 5) is 20.0. The van der Waals surface area contributed by atoms with Crippen molar-refractivity contribution in [3.05, 3.63) is 47.3 Å². The average molecular weight is 354 g/mol. The molecule has 1 atom stereocenters. The van der Waals surface area contributed by atoms with Crippen molar-refractivity contribution in [2.24, 2.45) is 0 Å². The Hall–Kier alpha value is -2.84. The van der Waals surface area contributed by atoms with Crippen molar-refractivity contribution in [1.82, 2.24) is 15.3 Å². The summed E-state index contributed by atoms with van der Waals surface area (Å²) in [6, 6.07) is 5.51. The van der Waals surface area contributed by atoms with Gasteiger partial charge in [0.2, 0.25) is 5.88 Å². The van der Waals surface area contributed by atoms with Gasteiger partial charge < -0.3 is 15.8 Å². The molecule has 0 bridgehead atoms. The van der Waals surface area contributed by atoms with E-state index in [1.807, 2.05) is 0 Å². The fraction of sp³-hybridized carbons (Fsp3) is 0.312. The zero-order valence-corrected chi connectivity index (χ0v) is 13.6. The molecule has 0 aliphatic carbocycles. The van der Waals surface area contributed by atoms with Crippen molar-refractivity contribution in [1.29, 1.82) is 0 Å². The number of rotatable bonds is 5. The molecule has 0 saturated carbocycles. The molecule has 0 fully saturated rings. The number of nitrogens with two attached hydrogens (primary N) is 1. The number of pyridine rings is 2. The van der Waals surface area contributed by atoms with Crippen LogP contribution in [0.5, 0.6) is 5.88 Å². The van der Waals surface area contributed by atoms with E-state index in [4.69, 9.17) is 5.73 Å². The van der Waals surface area contributed by atoms with Gasteiger partial charge in [0.1, 0.15) is 5.82 Å². The molecule has 1 amide bonds. The highest BCUT2D eigenvalue weighted by Crippen LogP contribution is 2.19. The summed E-state index contributed by atoms with van der Waals surface area (Å²) in [6.07, 6.45) is -3.07. The van der Waals surface area contributed by atoms with E-state index in [-0.39, 0.29) is 17.6 Å². The summed E-state index contributed by atoms with van der Waals surface area (Å²) in [7, 11) is 0. The van der Waals surface area contributed by atoms with Crippen molar-refractivity contribution >= 4 is 11.7 Å². The van der Waals surface area contributed by atoms with Gasteiger partial charge in [0.25, 0.3) is 5.91 Å². The zero-order chi connectivity index (χ0) is 18.6. The second kappa shape index (κ2) is 7.37. The second-order valence-electron chi connectivity index (χ2n) is 5.45. The van der Waals surface area contributed by atoms with E-state index in [0.717, 1.165) is 0 Å². The van der Waals surface area contributed by atoms with Crippen molar-refractivity contribution in [2.75, 3.05) is 12.3 Å². The molecule has 1 unspecified atom stereocenters. The first-order valence-corrected chi connectivity index (χ1v) is 7.34. The Balaban J connectivity index is 2.00. The predicted molar refractivity (Wildman–Crippen MR) is 85.1 cm³/mol. The maximum Gasteiger partial charge on any atom is 0.422 e. The largest absolute Gasteiger partial charge is 0.468 e. The lowest BCUT2D eigenvalue weighted by Crippen LogP contribution is -2.27. The molecule has 2 rings (SSSR count). The number of amides is 1. The number of aryl methyl sites for hydroxylation is 1. The van der Waals surface area contributed by atoms with E-state index in [1.54, 1.807) is 19.9 Å². The minimum Gasteiger partial charge on any atom is -0.468 e. The minimum atomic E-state index is -4.42. The van der Waals surface area contributed by atoms with Crippen molar-refractivity contribution in [3.63, 3.8) is 0 Å². The van der Waals surface area contributed by atoms with Crippen LogP contribution in [0.1, 0.15) is 34.6 Å². The fourth-order valence-corrected chi connectivity index (χ4v) is 2.08. The number of nitrogens with zero attached hydrogens (tertiary/aromatic N) is 2. The van der Waals surface area contributed by atoms with Crippen LogP contribution in [-0.4, -0.2) is 28.7 Å². The second-order valence-corrected chi connectivity index (χ2v) is 5.45. The topological polar surface area (TPSA) is 90.1 Å². The molecule has 9 heteroatoms. The third-order valence-corrected chi connectivity index (χ3v) is 3.23. The fourth-order valence-electron chi connectivity index (χ4n) is 2.08. The first kappa shape index (κ1) is 18.5. The number of ether oxygens (including phenoxy) is 1. The molecular formula is C16H17F3N4O2. The van der Waals surface area contributed by atoms with Crippen LogP contribution < -0.4 is 15.8 Å². The molecule has 0 aliphatic heterocycles. The molecule has 6 nitrogen and oxygen atoms in total. The standard InChI is InChI=1S/C16H17F3N4O2/c1-9-5-12(6-13(20)22-9)15(24)23-10(2)11-3-4-14(21-7-11)25-8-16(17,18)19/h3-7,10H,8H2,1-2H3,(H2,20,22)(H,23,24). The molecule has 0 aromatic carbocycles. The maximum atomic E-state index is 12.2. The predicted octanol–water partition coefficient (Wildman–Crippen LogP) is 2.80. The van der Waals surface area contributed by atoms with Crippen LogP contribution in [0.2, 0.25) is 0 Å². The van der Waals surface area contributed by atoms with E-state index in [0.29, 0.717) is 16.8 Å². The highest BCUT2D eigenvalue weighted by atomic mass is 19.4. The van der Waals surface area contributed by atoms with Crippen LogP contribution in [0.3, 0.4) is 0 Å².